The van der Waals surface area contributed by atoms with Crippen LogP contribution in [0.2, 0.25) is 5.02 Å². The summed E-state index contributed by atoms with van der Waals surface area (Å²) in [7, 11) is 4.59. The number of nitrogens with one attached hydrogen (secondary N) is 1. The van der Waals surface area contributed by atoms with Crippen molar-refractivity contribution in [1.82, 2.24) is 4.90 Å². The first-order chi connectivity index (χ1) is 10.8. The van der Waals surface area contributed by atoms with Crippen molar-refractivity contribution in [3.05, 3.63) is 17.2 Å². The van der Waals surface area contributed by atoms with Gasteiger partial charge in [-0.05, 0) is 14.0 Å². The molecule has 136 valence electrons. The minimum atomic E-state index is -0.933. The molecule has 1 aromatic rings. The molecule has 0 saturated carbocycles. The minimum Gasteiger partial charge on any atom is -0.495 e. The molecule has 1 unspecified atom stereocenters. The van der Waals surface area contributed by atoms with Crippen LogP contribution in [0.3, 0.4) is 0 Å². The Morgan fingerprint density at radius 3 is 2.38 bits per heavy atom. The van der Waals surface area contributed by atoms with Gasteiger partial charge in [-0.15, -0.1) is 12.4 Å². The van der Waals surface area contributed by atoms with Gasteiger partial charge >= 0.3 is 5.97 Å². The number of nitrogens with zero attached hydrogens (tertiary/aromatic N) is 1. The molecule has 0 aliphatic heterocycles. The lowest BCUT2D eigenvalue weighted by molar-refractivity contribution is -0.142. The predicted molar refractivity (Wildman–Crippen MR) is 94.8 cm³/mol. The Kier molecular flexibility index (Phi) is 9.50. The van der Waals surface area contributed by atoms with E-state index in [4.69, 9.17) is 26.2 Å². The molecule has 0 spiro atoms. The number of methoxy groups -OCH3 is 2. The van der Waals surface area contributed by atoms with Crippen molar-refractivity contribution in [1.29, 1.82) is 0 Å². The highest BCUT2D eigenvalue weighted by atomic mass is 35.5. The Morgan fingerprint density at radius 2 is 1.88 bits per heavy atom. The van der Waals surface area contributed by atoms with Crippen molar-refractivity contribution in [3.63, 3.8) is 0 Å². The van der Waals surface area contributed by atoms with Gasteiger partial charge in [0.1, 0.15) is 17.5 Å². The highest BCUT2D eigenvalue weighted by Gasteiger charge is 2.18. The van der Waals surface area contributed by atoms with Gasteiger partial charge in [0.2, 0.25) is 5.91 Å². The van der Waals surface area contributed by atoms with Crippen molar-refractivity contribution in [2.24, 2.45) is 0 Å². The average molecular weight is 381 g/mol. The van der Waals surface area contributed by atoms with Gasteiger partial charge in [-0.1, -0.05) is 11.6 Å². The fraction of sp³-hybridized carbons (Fsp3) is 0.467. The van der Waals surface area contributed by atoms with Gasteiger partial charge in [0.05, 0.1) is 24.9 Å². The molecule has 1 aromatic carbocycles. The standard InChI is InChI=1S/C15H21ClN2O5.ClH/c1-9(15(20)21)18(2)6-5-14(19)17-11-8-12(22-3)10(16)7-13(11)23-4;/h7-9H,5-6H2,1-4H3,(H,17,19)(H,20,21);1H. The molecular weight excluding hydrogens is 359 g/mol. The highest BCUT2D eigenvalue weighted by Crippen LogP contribution is 2.35. The molecule has 1 rings (SSSR count). The van der Waals surface area contributed by atoms with Gasteiger partial charge in [0.15, 0.2) is 0 Å². The predicted octanol–water partition coefficient (Wildman–Crippen LogP) is 2.51. The van der Waals surface area contributed by atoms with E-state index >= 15 is 0 Å². The van der Waals surface area contributed by atoms with Crippen LogP contribution in [0.25, 0.3) is 0 Å². The number of carbonyl (C=O) groups excluding carboxylic acids is 1. The Balaban J connectivity index is 0.00000529. The summed E-state index contributed by atoms with van der Waals surface area (Å²) in [6.07, 6.45) is 0.141. The molecule has 1 amide bonds. The monoisotopic (exact) mass is 380 g/mol. The number of ether oxygens (including phenoxy) is 2. The lowest BCUT2D eigenvalue weighted by Crippen LogP contribution is -2.37. The number of benzene rings is 1. The molecule has 0 heterocycles. The number of rotatable bonds is 8. The number of carbonyl (C=O) groups is 2. The summed E-state index contributed by atoms with van der Waals surface area (Å²) in [5.41, 5.74) is 0.438. The van der Waals surface area contributed by atoms with Crippen molar-refractivity contribution >= 4 is 41.6 Å². The normalized spacial score (nSPS) is 11.4. The lowest BCUT2D eigenvalue weighted by atomic mass is 10.2. The van der Waals surface area contributed by atoms with Gasteiger partial charge in [0.25, 0.3) is 0 Å². The van der Waals surface area contributed by atoms with Crippen LogP contribution in [0.1, 0.15) is 13.3 Å². The second-order valence-corrected chi connectivity index (χ2v) is 5.39. The molecule has 0 fully saturated rings. The van der Waals surface area contributed by atoms with Crippen LogP contribution in [0, 0.1) is 0 Å². The van der Waals surface area contributed by atoms with Crippen molar-refractivity contribution in [2.45, 2.75) is 19.4 Å². The van der Waals surface area contributed by atoms with Gasteiger partial charge < -0.3 is 19.9 Å². The molecule has 1 atom stereocenters. The van der Waals surface area contributed by atoms with Gasteiger partial charge in [0, 0.05) is 25.1 Å². The second-order valence-electron chi connectivity index (χ2n) is 4.98. The lowest BCUT2D eigenvalue weighted by Gasteiger charge is -2.20. The maximum absolute atomic E-state index is 12.0. The minimum absolute atomic E-state index is 0. The van der Waals surface area contributed by atoms with Gasteiger partial charge in [-0.25, -0.2) is 0 Å². The smallest absolute Gasteiger partial charge is 0.320 e. The Bertz CT molecular complexity index is 583. The number of carboxylic acids is 1. The van der Waals surface area contributed by atoms with Crippen LogP contribution in [0.5, 0.6) is 11.5 Å². The molecule has 0 aliphatic carbocycles. The van der Waals surface area contributed by atoms with E-state index in [0.29, 0.717) is 28.8 Å². The summed E-state index contributed by atoms with van der Waals surface area (Å²) >= 11 is 6.00. The summed E-state index contributed by atoms with van der Waals surface area (Å²) in [5, 5.41) is 12.0. The number of carboxylic acid groups (broad SMARTS) is 1. The van der Waals surface area contributed by atoms with Crippen LogP contribution in [0.15, 0.2) is 12.1 Å². The van der Waals surface area contributed by atoms with Gasteiger partial charge in [-0.2, -0.15) is 0 Å². The zero-order valence-electron chi connectivity index (χ0n) is 14.0. The molecule has 9 heteroatoms. The first kappa shape index (κ1) is 22.3. The van der Waals surface area contributed by atoms with E-state index in [1.807, 2.05) is 0 Å². The van der Waals surface area contributed by atoms with Gasteiger partial charge in [-0.3, -0.25) is 14.5 Å². The van der Waals surface area contributed by atoms with E-state index in [1.54, 1.807) is 31.0 Å². The summed E-state index contributed by atoms with van der Waals surface area (Å²) in [6, 6.07) is 2.46. The van der Waals surface area contributed by atoms with Crippen LogP contribution >= 0.6 is 24.0 Å². The molecule has 0 radical (unpaired) electrons. The molecule has 0 aliphatic rings. The molecule has 2 N–H and O–H groups in total. The van der Waals surface area contributed by atoms with E-state index in [2.05, 4.69) is 5.32 Å². The topological polar surface area (TPSA) is 88.1 Å². The Hall–Kier alpha value is -1.70. The maximum atomic E-state index is 12.0. The zero-order chi connectivity index (χ0) is 17.6. The summed E-state index contributed by atoms with van der Waals surface area (Å²) in [4.78, 5) is 24.5. The number of likely N-dealkylation sites (N-methyl/N-ethyl adjacent to an activating group) is 1. The molecule has 24 heavy (non-hydrogen) atoms. The molecule has 7 nitrogen and oxygen atoms in total. The quantitative estimate of drug-likeness (QED) is 0.720. The van der Waals surface area contributed by atoms with E-state index in [9.17, 15) is 9.59 Å². The third-order valence-corrected chi connectivity index (χ3v) is 3.75. The Labute approximate surface area is 152 Å². The van der Waals surface area contributed by atoms with Crippen LogP contribution in [-0.4, -0.2) is 55.7 Å². The third-order valence-electron chi connectivity index (χ3n) is 3.46. The third kappa shape index (κ3) is 6.07. The number of aliphatic carboxylic acids is 1. The van der Waals surface area contributed by atoms with Crippen molar-refractivity contribution < 1.29 is 24.2 Å². The van der Waals surface area contributed by atoms with Crippen LogP contribution < -0.4 is 14.8 Å². The number of hydrogen-bond donors (Lipinski definition) is 2. The van der Waals surface area contributed by atoms with Crippen LogP contribution in [-0.2, 0) is 9.59 Å². The zero-order valence-corrected chi connectivity index (χ0v) is 15.5. The average Bonchev–Trinajstić information content (AvgIpc) is 2.52. The first-order valence-corrected chi connectivity index (χ1v) is 7.32. The van der Waals surface area contributed by atoms with E-state index in [1.165, 1.54) is 14.2 Å². The number of halogens is 2. The number of anilines is 1. The summed E-state index contributed by atoms with van der Waals surface area (Å²) in [5.74, 6) is -0.370. The molecule has 0 bridgehead atoms. The van der Waals surface area contributed by atoms with Crippen LogP contribution in [0.4, 0.5) is 5.69 Å². The van der Waals surface area contributed by atoms with Crippen molar-refractivity contribution in [2.75, 3.05) is 33.1 Å². The molecular formula is C15H22Cl2N2O5. The second kappa shape index (κ2) is 10.2. The first-order valence-electron chi connectivity index (χ1n) is 6.94. The molecule has 0 saturated heterocycles. The fourth-order valence-electron chi connectivity index (χ4n) is 1.83. The highest BCUT2D eigenvalue weighted by molar-refractivity contribution is 6.32. The SMILES string of the molecule is COc1cc(NC(=O)CCN(C)C(C)C(=O)O)c(OC)cc1Cl.Cl. The van der Waals surface area contributed by atoms with E-state index in [0.717, 1.165) is 0 Å². The maximum Gasteiger partial charge on any atom is 0.320 e. The Morgan fingerprint density at radius 1 is 1.29 bits per heavy atom. The van der Waals surface area contributed by atoms with Crippen molar-refractivity contribution in [3.8, 4) is 11.5 Å². The summed E-state index contributed by atoms with van der Waals surface area (Å²) < 4.78 is 10.3. The number of hydrogen-bond acceptors (Lipinski definition) is 5. The van der Waals surface area contributed by atoms with E-state index < -0.39 is 12.0 Å². The largest absolute Gasteiger partial charge is 0.495 e. The number of amides is 1. The summed E-state index contributed by atoms with van der Waals surface area (Å²) in [6.45, 7) is 1.87. The fourth-order valence-corrected chi connectivity index (χ4v) is 2.06. The molecule has 0 aromatic heterocycles. The van der Waals surface area contributed by atoms with E-state index in [-0.39, 0.29) is 24.7 Å².